The van der Waals surface area contributed by atoms with Crippen LogP contribution in [0.25, 0.3) is 0 Å². The van der Waals surface area contributed by atoms with Gasteiger partial charge in [-0.2, -0.15) is 13.2 Å². The van der Waals surface area contributed by atoms with Crippen molar-refractivity contribution >= 4 is 11.9 Å². The second kappa shape index (κ2) is 12.3. The fourth-order valence-electron chi connectivity index (χ4n) is 2.99. The number of nitrogens with two attached hydrogens (primary N) is 1. The highest BCUT2D eigenvalue weighted by Gasteiger charge is 2.30. The van der Waals surface area contributed by atoms with E-state index >= 15 is 0 Å². The number of ether oxygens (including phenoxy) is 2. The van der Waals surface area contributed by atoms with Crippen LogP contribution in [0.15, 0.2) is 48.5 Å². The molecule has 0 bridgehead atoms. The van der Waals surface area contributed by atoms with Gasteiger partial charge in [-0.05, 0) is 41.8 Å². The number of carbonyl (C=O) groups is 2. The van der Waals surface area contributed by atoms with Crippen molar-refractivity contribution in [1.82, 2.24) is 5.32 Å². The molecule has 186 valence electrons. The Morgan fingerprint density at radius 2 is 1.59 bits per heavy atom. The predicted octanol–water partition coefficient (Wildman–Crippen LogP) is 2.18. The number of aliphatic hydroxyl groups excluding tert-OH is 1. The van der Waals surface area contributed by atoms with Crippen LogP contribution >= 0.6 is 0 Å². The Bertz CT molecular complexity index is 936. The number of halogens is 4. The van der Waals surface area contributed by atoms with Crippen LogP contribution in [0.2, 0.25) is 0 Å². The van der Waals surface area contributed by atoms with Gasteiger partial charge in [0.25, 0.3) is 0 Å². The summed E-state index contributed by atoms with van der Waals surface area (Å²) in [5.74, 6) is -1.01. The van der Waals surface area contributed by atoms with Crippen molar-refractivity contribution in [2.45, 2.75) is 37.2 Å². The fraction of sp³-hybridized carbons (Fsp3) is 0.391. The minimum atomic E-state index is -4.48. The van der Waals surface area contributed by atoms with Gasteiger partial charge in [-0.15, -0.1) is 0 Å². The summed E-state index contributed by atoms with van der Waals surface area (Å²) in [5, 5.41) is 11.7. The lowest BCUT2D eigenvalue weighted by atomic mass is 10.0. The molecule has 0 aliphatic rings. The summed E-state index contributed by atoms with van der Waals surface area (Å²) < 4.78 is 60.4. The van der Waals surface area contributed by atoms with Crippen LogP contribution in [0.4, 0.5) is 17.6 Å². The lowest BCUT2D eigenvalue weighted by Crippen LogP contribution is -2.50. The van der Waals surface area contributed by atoms with Crippen LogP contribution in [0.3, 0.4) is 0 Å². The molecule has 0 aliphatic carbocycles. The highest BCUT2D eigenvalue weighted by atomic mass is 19.4. The van der Waals surface area contributed by atoms with Gasteiger partial charge >= 0.3 is 12.1 Å². The Morgan fingerprint density at radius 3 is 2.12 bits per heavy atom. The first-order chi connectivity index (χ1) is 16.0. The molecule has 0 saturated carbocycles. The third-order valence-corrected chi connectivity index (χ3v) is 4.86. The van der Waals surface area contributed by atoms with Gasteiger partial charge in [0.2, 0.25) is 5.91 Å². The molecule has 2 rings (SSSR count). The second-order valence-corrected chi connectivity index (χ2v) is 7.56. The van der Waals surface area contributed by atoms with Crippen molar-refractivity contribution in [2.24, 2.45) is 5.73 Å². The van der Waals surface area contributed by atoms with Crippen molar-refractivity contribution in [2.75, 3.05) is 20.4 Å². The SMILES string of the molecule is COC(=O)[C@H](Cc1ccc(C(F)(F)F)cc1)NC(=O)[C@@H](N)Cc1ccc(OCC(O)CF)cc1. The van der Waals surface area contributed by atoms with Gasteiger partial charge in [-0.3, -0.25) is 4.79 Å². The summed E-state index contributed by atoms with van der Waals surface area (Å²) in [5.41, 5.74) is 6.21. The van der Waals surface area contributed by atoms with E-state index in [1.807, 2.05) is 0 Å². The summed E-state index contributed by atoms with van der Waals surface area (Å²) in [6, 6.07) is 8.50. The largest absolute Gasteiger partial charge is 0.491 e. The van der Waals surface area contributed by atoms with Gasteiger partial charge in [0.05, 0.1) is 18.7 Å². The van der Waals surface area contributed by atoms with Gasteiger partial charge in [0.1, 0.15) is 31.2 Å². The number of rotatable bonds is 11. The molecule has 11 heteroatoms. The molecule has 0 fully saturated rings. The molecule has 2 aromatic carbocycles. The van der Waals surface area contributed by atoms with E-state index in [1.54, 1.807) is 24.3 Å². The first kappa shape index (κ1) is 27.1. The molecule has 3 atom stereocenters. The van der Waals surface area contributed by atoms with Crippen molar-refractivity contribution in [3.8, 4) is 5.75 Å². The van der Waals surface area contributed by atoms with E-state index in [0.717, 1.165) is 19.2 Å². The average Bonchev–Trinajstić information content (AvgIpc) is 2.82. The molecule has 0 saturated heterocycles. The monoisotopic (exact) mass is 486 g/mol. The smallest absolute Gasteiger partial charge is 0.416 e. The van der Waals surface area contributed by atoms with E-state index in [0.29, 0.717) is 16.9 Å². The lowest BCUT2D eigenvalue weighted by Gasteiger charge is -2.20. The molecule has 1 unspecified atom stereocenters. The standard InChI is InChI=1S/C23H26F4N2O5/c1-33-22(32)20(11-15-2-6-16(7-3-15)23(25,26)27)29-21(31)19(28)10-14-4-8-18(9-5-14)34-13-17(30)12-24/h2-9,17,19-20,30H,10-13,28H2,1H3,(H,29,31)/t17?,19-,20-/m0/s1. The Kier molecular flexibility index (Phi) is 9.82. The lowest BCUT2D eigenvalue weighted by molar-refractivity contribution is -0.145. The van der Waals surface area contributed by atoms with Gasteiger partial charge in [-0.25, -0.2) is 9.18 Å². The number of aliphatic hydroxyl groups is 1. The highest BCUT2D eigenvalue weighted by molar-refractivity contribution is 5.87. The molecule has 0 radical (unpaired) electrons. The minimum absolute atomic E-state index is 0.0833. The zero-order chi connectivity index (χ0) is 25.3. The molecule has 0 spiro atoms. The number of nitrogens with one attached hydrogen (secondary N) is 1. The molecule has 7 nitrogen and oxygen atoms in total. The van der Waals surface area contributed by atoms with E-state index in [4.69, 9.17) is 15.2 Å². The van der Waals surface area contributed by atoms with E-state index in [2.05, 4.69) is 5.32 Å². The van der Waals surface area contributed by atoms with Crippen LogP contribution in [0, 0.1) is 0 Å². The molecule has 0 aromatic heterocycles. The molecule has 2 aromatic rings. The molecular weight excluding hydrogens is 460 g/mol. The summed E-state index contributed by atoms with van der Waals surface area (Å²) in [4.78, 5) is 24.7. The Balaban J connectivity index is 1.97. The first-order valence-electron chi connectivity index (χ1n) is 10.3. The van der Waals surface area contributed by atoms with Gasteiger partial charge < -0.3 is 25.6 Å². The summed E-state index contributed by atoms with van der Waals surface area (Å²) in [7, 11) is 1.13. The van der Waals surface area contributed by atoms with Crippen LogP contribution in [0.5, 0.6) is 5.75 Å². The fourth-order valence-corrected chi connectivity index (χ4v) is 2.99. The van der Waals surface area contributed by atoms with E-state index < -0.39 is 48.5 Å². The highest BCUT2D eigenvalue weighted by Crippen LogP contribution is 2.29. The van der Waals surface area contributed by atoms with E-state index in [1.165, 1.54) is 12.1 Å². The summed E-state index contributed by atoms with van der Waals surface area (Å²) >= 11 is 0. The molecule has 1 amide bonds. The third kappa shape index (κ3) is 8.31. The minimum Gasteiger partial charge on any atom is -0.491 e. The van der Waals surface area contributed by atoms with E-state index in [-0.39, 0.29) is 19.4 Å². The topological polar surface area (TPSA) is 111 Å². The van der Waals surface area contributed by atoms with Crippen LogP contribution in [0.1, 0.15) is 16.7 Å². The third-order valence-electron chi connectivity index (χ3n) is 4.86. The number of hydrogen-bond donors (Lipinski definition) is 3. The Labute approximate surface area is 193 Å². The number of carbonyl (C=O) groups excluding carboxylic acids is 2. The number of hydrogen-bond acceptors (Lipinski definition) is 6. The quantitative estimate of drug-likeness (QED) is 0.332. The van der Waals surface area contributed by atoms with Crippen LogP contribution in [-0.4, -0.2) is 55.6 Å². The molecule has 34 heavy (non-hydrogen) atoms. The maximum Gasteiger partial charge on any atom is 0.416 e. The first-order valence-corrected chi connectivity index (χ1v) is 10.3. The van der Waals surface area contributed by atoms with Crippen LogP contribution < -0.4 is 15.8 Å². The Morgan fingerprint density at radius 1 is 1.03 bits per heavy atom. The normalized spacial score (nSPS) is 14.1. The molecule has 0 heterocycles. The number of esters is 1. The Hall–Kier alpha value is -3.18. The van der Waals surface area contributed by atoms with Crippen molar-refractivity contribution < 1.29 is 41.7 Å². The summed E-state index contributed by atoms with van der Waals surface area (Å²) in [6.45, 7) is -1.13. The summed E-state index contributed by atoms with van der Waals surface area (Å²) in [6.07, 6.45) is -5.67. The number of alkyl halides is 4. The molecule has 0 aliphatic heterocycles. The number of amides is 1. The van der Waals surface area contributed by atoms with Crippen molar-refractivity contribution in [3.63, 3.8) is 0 Å². The predicted molar refractivity (Wildman–Crippen MR) is 115 cm³/mol. The van der Waals surface area contributed by atoms with Gasteiger partial charge in [-0.1, -0.05) is 24.3 Å². The van der Waals surface area contributed by atoms with Crippen molar-refractivity contribution in [1.29, 1.82) is 0 Å². The number of methoxy groups -OCH3 is 1. The van der Waals surface area contributed by atoms with Crippen molar-refractivity contribution in [3.05, 3.63) is 65.2 Å². The van der Waals surface area contributed by atoms with Gasteiger partial charge in [0, 0.05) is 6.42 Å². The maximum atomic E-state index is 12.7. The zero-order valence-corrected chi connectivity index (χ0v) is 18.3. The van der Waals surface area contributed by atoms with E-state index in [9.17, 15) is 32.3 Å². The van der Waals surface area contributed by atoms with Crippen LogP contribution in [-0.2, 0) is 33.3 Å². The maximum absolute atomic E-state index is 12.7. The average molecular weight is 486 g/mol. The molecular formula is C23H26F4N2O5. The zero-order valence-electron chi connectivity index (χ0n) is 18.3. The second-order valence-electron chi connectivity index (χ2n) is 7.56. The molecule has 4 N–H and O–H groups in total. The number of benzene rings is 2. The van der Waals surface area contributed by atoms with Gasteiger partial charge in [0.15, 0.2) is 0 Å².